The maximum atomic E-state index is 7.19. The van der Waals surface area contributed by atoms with Crippen molar-refractivity contribution < 1.29 is 8.83 Å². The predicted octanol–water partition coefficient (Wildman–Crippen LogP) is 32.2. The molecule has 15 aromatic carbocycles. The normalized spacial score (nSPS) is 15.2. The third-order valence-corrected chi connectivity index (χ3v) is 28.8. The molecule has 0 saturated heterocycles. The zero-order valence-corrected chi connectivity index (χ0v) is 69.2. The fourth-order valence-electron chi connectivity index (χ4n) is 23.2. The van der Waals surface area contributed by atoms with E-state index in [9.17, 15) is 0 Å². The molecule has 0 aliphatic heterocycles. The Morgan fingerprint density at radius 1 is 0.263 bits per heavy atom. The van der Waals surface area contributed by atoms with Crippen LogP contribution in [0.15, 0.2) is 318 Å². The standard InChI is InChI=1S/C115H99NO2/c1-9-11-13-15-34-64-114(65-35-16-14-12-10-2)93-47-31-26-42-82(93)85-61-54-76(68-97(85)114)75-53-60-84-83-59-52-74(66-94(83)111(3,4)95(84)67-75)72-50-55-79(56-51-72)116(80-57-62-87-96(69-80)113(7,8)107-103(87)105-90-45-29-33-49-101(90)118-110(105)106-86-43-27-30-46-92(86)112(5,6)108(106)107)81-58-63-88-98(70-81)115(77-38-22-18-23-39-77,78-40-24-19-25-41-78)99-71-91(73-36-20-17-21-37-73)109-104(102(88)99)89-44-28-32-48-100(89)117-109/h17-33,36-63,66-71H,9-16,34-35,64-65H2,1-8H3. The molecule has 3 nitrogen and oxygen atoms in total. The van der Waals surface area contributed by atoms with E-state index in [1.165, 1.54) is 216 Å². The van der Waals surface area contributed by atoms with Gasteiger partial charge in [-0.2, -0.15) is 0 Å². The van der Waals surface area contributed by atoms with Crippen LogP contribution in [0.5, 0.6) is 0 Å². The molecule has 0 radical (unpaired) electrons. The van der Waals surface area contributed by atoms with Crippen molar-refractivity contribution in [1.82, 2.24) is 0 Å². The van der Waals surface area contributed by atoms with Crippen LogP contribution in [0.4, 0.5) is 17.1 Å². The molecule has 0 amide bonds. The van der Waals surface area contributed by atoms with Gasteiger partial charge in [-0.1, -0.05) is 356 Å². The average Bonchev–Trinajstić information content (AvgIpc) is 1.51. The van der Waals surface area contributed by atoms with Crippen LogP contribution in [0.1, 0.15) is 199 Å². The molecule has 2 heterocycles. The summed E-state index contributed by atoms with van der Waals surface area (Å²) >= 11 is 0. The number of unbranched alkanes of at least 4 members (excludes halogenated alkanes) is 8. The summed E-state index contributed by atoms with van der Waals surface area (Å²) in [5, 5.41) is 4.60. The van der Waals surface area contributed by atoms with Gasteiger partial charge in [0.1, 0.15) is 22.3 Å². The number of hydrogen-bond donors (Lipinski definition) is 0. The number of rotatable bonds is 20. The minimum Gasteiger partial charge on any atom is -0.455 e. The molecule has 0 bridgehead atoms. The number of benzene rings is 15. The lowest BCUT2D eigenvalue weighted by Gasteiger charge is -2.35. The summed E-state index contributed by atoms with van der Waals surface area (Å²) in [4.78, 5) is 2.56. The lowest BCUT2D eigenvalue weighted by atomic mass is 9.67. The molecule has 22 rings (SSSR count). The number of nitrogens with zero attached hydrogens (tertiary/aromatic N) is 1. The van der Waals surface area contributed by atoms with Crippen molar-refractivity contribution in [3.8, 4) is 89.0 Å². The fraction of sp³-hybridized carbons (Fsp3) is 0.217. The third-order valence-electron chi connectivity index (χ3n) is 28.8. The monoisotopic (exact) mass is 1530 g/mol. The Kier molecular flexibility index (Phi) is 16.8. The van der Waals surface area contributed by atoms with E-state index in [0.29, 0.717) is 0 Å². The number of fused-ring (bicyclic) bond motifs is 25. The van der Waals surface area contributed by atoms with Crippen LogP contribution in [-0.2, 0) is 27.1 Å². The molecule has 0 N–H and O–H groups in total. The number of anilines is 3. The topological polar surface area (TPSA) is 29.5 Å². The molecule has 5 aliphatic rings. The zero-order valence-electron chi connectivity index (χ0n) is 69.2. The van der Waals surface area contributed by atoms with Crippen molar-refractivity contribution in [3.63, 3.8) is 0 Å². The Hall–Kier alpha value is -12.3. The predicted molar refractivity (Wildman–Crippen MR) is 495 cm³/mol. The van der Waals surface area contributed by atoms with Crippen molar-refractivity contribution in [1.29, 1.82) is 0 Å². The van der Waals surface area contributed by atoms with E-state index in [4.69, 9.17) is 8.83 Å². The first-order chi connectivity index (χ1) is 57.7. The smallest absolute Gasteiger partial charge is 0.144 e. The lowest BCUT2D eigenvalue weighted by molar-refractivity contribution is 0.399. The quantitative estimate of drug-likeness (QED) is 0.0712. The Morgan fingerprint density at radius 2 is 0.678 bits per heavy atom. The molecule has 0 spiro atoms. The van der Waals surface area contributed by atoms with Gasteiger partial charge in [-0.15, -0.1) is 0 Å². The largest absolute Gasteiger partial charge is 0.455 e. The number of para-hydroxylation sites is 2. The van der Waals surface area contributed by atoms with Crippen molar-refractivity contribution in [2.24, 2.45) is 0 Å². The second-order valence-electron chi connectivity index (χ2n) is 36.3. The summed E-state index contributed by atoms with van der Waals surface area (Å²) in [6, 6.07) is 118. The van der Waals surface area contributed by atoms with E-state index in [1.807, 2.05) is 0 Å². The van der Waals surface area contributed by atoms with Crippen molar-refractivity contribution >= 4 is 60.9 Å². The maximum absolute atomic E-state index is 7.19. The van der Waals surface area contributed by atoms with Crippen LogP contribution in [0.25, 0.3) is 133 Å². The van der Waals surface area contributed by atoms with Gasteiger partial charge in [0, 0.05) is 71.4 Å². The van der Waals surface area contributed by atoms with Crippen LogP contribution >= 0.6 is 0 Å². The van der Waals surface area contributed by atoms with E-state index in [1.54, 1.807) is 11.1 Å². The third kappa shape index (κ3) is 10.5. The SMILES string of the molecule is CCCCCCCC1(CCCCCCC)c2ccccc2-c2ccc(-c3ccc4c(c3)C(C)(C)c3cc(-c5ccc(N(c6ccc7c(c6)C(C)(C)c6c8c(c9oc%10ccccc%10c9c6-7)-c6ccccc6C8(C)C)c6ccc7c(c6)C(c6ccccc6)(c6ccccc6)c6cc(-c8ccccc8)c8oc9ccccc9c8c6-7)cc5)ccc3-4)cc21. The highest BCUT2D eigenvalue weighted by Gasteiger charge is 2.52. The van der Waals surface area contributed by atoms with Crippen LogP contribution < -0.4 is 4.90 Å². The summed E-state index contributed by atoms with van der Waals surface area (Å²) in [6.07, 6.45) is 15.4. The molecular formula is C115H99NO2. The fourth-order valence-corrected chi connectivity index (χ4v) is 23.2. The van der Waals surface area contributed by atoms with Crippen LogP contribution in [0.3, 0.4) is 0 Å². The van der Waals surface area contributed by atoms with E-state index in [0.717, 1.165) is 66.7 Å². The van der Waals surface area contributed by atoms with E-state index in [2.05, 4.69) is 370 Å². The van der Waals surface area contributed by atoms with E-state index < -0.39 is 10.8 Å². The highest BCUT2D eigenvalue weighted by Crippen LogP contribution is 2.66. The second kappa shape index (κ2) is 27.4. The lowest BCUT2D eigenvalue weighted by Crippen LogP contribution is -2.29. The first-order valence-electron chi connectivity index (χ1n) is 43.7. The minimum absolute atomic E-state index is 0.0231. The van der Waals surface area contributed by atoms with Gasteiger partial charge in [-0.3, -0.25) is 0 Å². The first kappa shape index (κ1) is 72.2. The molecule has 3 heteroatoms. The zero-order chi connectivity index (χ0) is 79.6. The van der Waals surface area contributed by atoms with Crippen LogP contribution in [-0.4, -0.2) is 0 Å². The number of furan rings is 2. The highest BCUT2D eigenvalue weighted by atomic mass is 16.3. The highest BCUT2D eigenvalue weighted by molar-refractivity contribution is 6.22. The van der Waals surface area contributed by atoms with Crippen LogP contribution in [0.2, 0.25) is 0 Å². The molecule has 0 fully saturated rings. The number of hydrogen-bond acceptors (Lipinski definition) is 3. The van der Waals surface area contributed by atoms with E-state index in [-0.39, 0.29) is 16.2 Å². The molecule has 0 atom stereocenters. The van der Waals surface area contributed by atoms with Crippen molar-refractivity contribution in [2.45, 2.75) is 160 Å². The van der Waals surface area contributed by atoms with Crippen molar-refractivity contribution in [2.75, 3.05) is 4.90 Å². The van der Waals surface area contributed by atoms with Gasteiger partial charge in [0.2, 0.25) is 0 Å². The van der Waals surface area contributed by atoms with Gasteiger partial charge in [0.25, 0.3) is 0 Å². The molecule has 576 valence electrons. The average molecular weight is 1530 g/mol. The van der Waals surface area contributed by atoms with Gasteiger partial charge < -0.3 is 13.7 Å². The Labute approximate surface area is 694 Å². The Morgan fingerprint density at radius 3 is 1.28 bits per heavy atom. The van der Waals surface area contributed by atoms with Crippen LogP contribution in [0, 0.1) is 0 Å². The molecule has 118 heavy (non-hydrogen) atoms. The Balaban J connectivity index is 0.693. The van der Waals surface area contributed by atoms with Crippen molar-refractivity contribution in [3.05, 3.63) is 376 Å². The van der Waals surface area contributed by atoms with Gasteiger partial charge in [-0.25, -0.2) is 0 Å². The summed E-state index contributed by atoms with van der Waals surface area (Å²) in [6.45, 7) is 19.4. The summed E-state index contributed by atoms with van der Waals surface area (Å²) in [7, 11) is 0. The summed E-state index contributed by atoms with van der Waals surface area (Å²) in [5.41, 5.74) is 41.5. The molecule has 2 aromatic heterocycles. The first-order valence-corrected chi connectivity index (χ1v) is 43.7. The minimum atomic E-state index is -0.774. The summed E-state index contributed by atoms with van der Waals surface area (Å²) < 4.78 is 14.3. The molecule has 0 saturated carbocycles. The van der Waals surface area contributed by atoms with E-state index >= 15 is 0 Å². The van der Waals surface area contributed by atoms with Gasteiger partial charge >= 0.3 is 0 Å². The Bertz CT molecular complexity index is 6860. The molecule has 5 aliphatic carbocycles. The maximum Gasteiger partial charge on any atom is 0.144 e. The molecular weight excluding hydrogens is 1430 g/mol. The molecule has 17 aromatic rings. The van der Waals surface area contributed by atoms with Gasteiger partial charge in [-0.05, 0) is 230 Å². The molecule has 0 unspecified atom stereocenters. The second-order valence-corrected chi connectivity index (χ2v) is 36.3. The van der Waals surface area contributed by atoms with Gasteiger partial charge in [0.05, 0.1) is 5.41 Å². The van der Waals surface area contributed by atoms with Gasteiger partial charge in [0.15, 0.2) is 0 Å². The summed E-state index contributed by atoms with van der Waals surface area (Å²) in [5.74, 6) is 0.